The summed E-state index contributed by atoms with van der Waals surface area (Å²) >= 11 is 0. The van der Waals surface area contributed by atoms with E-state index < -0.39 is 18.3 Å². The van der Waals surface area contributed by atoms with Crippen LogP contribution in [0.1, 0.15) is 31.1 Å². The van der Waals surface area contributed by atoms with Gasteiger partial charge in [-0.2, -0.15) is 10.4 Å². The van der Waals surface area contributed by atoms with E-state index in [2.05, 4.69) is 16.1 Å². The van der Waals surface area contributed by atoms with Crippen molar-refractivity contribution in [3.8, 4) is 22.9 Å². The average molecular weight is 541 g/mol. The Bertz CT molecular complexity index is 1510. The number of ether oxygens (including phenoxy) is 2. The number of piperazine rings is 1. The third kappa shape index (κ3) is 5.47. The van der Waals surface area contributed by atoms with Gasteiger partial charge in [0.1, 0.15) is 23.7 Å². The smallest absolute Gasteiger partial charge is 0.256 e. The highest BCUT2D eigenvalue weighted by atomic mass is 16.5. The van der Waals surface area contributed by atoms with E-state index in [-0.39, 0.29) is 5.91 Å². The number of aliphatic hydroxyl groups excluding tert-OH is 1. The highest BCUT2D eigenvalue weighted by Gasteiger charge is 2.29. The Kier molecular flexibility index (Phi) is 7.96. The lowest BCUT2D eigenvalue weighted by Crippen LogP contribution is -2.50. The van der Waals surface area contributed by atoms with Crippen LogP contribution in [0.3, 0.4) is 0 Å². The quantitative estimate of drug-likeness (QED) is 0.361. The maximum absolute atomic E-state index is 13.2. The van der Waals surface area contributed by atoms with Crippen LogP contribution in [0.2, 0.25) is 0 Å². The molecule has 1 saturated heterocycles. The minimum Gasteiger partial charge on any atom is -0.486 e. The molecule has 4 heterocycles. The number of hydrogen-bond donors (Lipinski definition) is 1. The molecular formula is C30H32N6O4. The molecule has 0 bridgehead atoms. The first-order valence-electron chi connectivity index (χ1n) is 13.2. The predicted molar refractivity (Wildman–Crippen MR) is 150 cm³/mol. The number of pyridine rings is 2. The van der Waals surface area contributed by atoms with Crippen LogP contribution in [0.4, 0.5) is 5.82 Å². The van der Waals surface area contributed by atoms with Gasteiger partial charge in [-0.25, -0.2) is 9.50 Å². The summed E-state index contributed by atoms with van der Waals surface area (Å²) in [5.41, 5.74) is 3.51. The molecule has 1 aliphatic heterocycles. The third-order valence-corrected chi connectivity index (χ3v) is 7.24. The summed E-state index contributed by atoms with van der Waals surface area (Å²) in [6.07, 6.45) is 3.31. The molecule has 5 rings (SSSR count). The number of carbonyl (C=O) groups is 1. The standard InChI is InChI=1S/C30H32N6O4/c1-20(37)21(2)40-25-15-26(28-24(16-31)18-33-36(28)19-25)23-9-10-27(32-17-23)34-11-13-35(14-12-34)30(38)29(39-3)22-7-5-4-6-8-22/h4-10,15,17-21,29,37H,11-14H2,1-3H3. The van der Waals surface area contributed by atoms with Crippen LogP contribution in [0.15, 0.2) is 67.1 Å². The average Bonchev–Trinajstić information content (AvgIpc) is 3.41. The van der Waals surface area contributed by atoms with Crippen molar-refractivity contribution >= 4 is 17.2 Å². The Morgan fingerprint density at radius 2 is 1.82 bits per heavy atom. The number of benzene rings is 1. The van der Waals surface area contributed by atoms with Crippen LogP contribution in [0.5, 0.6) is 5.75 Å². The van der Waals surface area contributed by atoms with Gasteiger partial charge in [0.15, 0.2) is 6.10 Å². The second kappa shape index (κ2) is 11.7. The summed E-state index contributed by atoms with van der Waals surface area (Å²) < 4.78 is 13.1. The summed E-state index contributed by atoms with van der Waals surface area (Å²) in [7, 11) is 1.56. The molecule has 3 aromatic heterocycles. The molecular weight excluding hydrogens is 508 g/mol. The van der Waals surface area contributed by atoms with Crippen molar-refractivity contribution in [2.45, 2.75) is 32.2 Å². The molecule has 10 heteroatoms. The van der Waals surface area contributed by atoms with Gasteiger partial charge in [0.25, 0.3) is 5.91 Å². The Labute approximate surface area is 233 Å². The van der Waals surface area contributed by atoms with Gasteiger partial charge < -0.3 is 24.4 Å². The molecule has 0 radical (unpaired) electrons. The zero-order valence-corrected chi connectivity index (χ0v) is 22.8. The van der Waals surface area contributed by atoms with E-state index in [9.17, 15) is 15.2 Å². The number of methoxy groups -OCH3 is 1. The van der Waals surface area contributed by atoms with Gasteiger partial charge in [-0.1, -0.05) is 30.3 Å². The molecule has 1 fully saturated rings. The molecule has 1 aromatic carbocycles. The molecule has 10 nitrogen and oxygen atoms in total. The number of hydrogen-bond acceptors (Lipinski definition) is 8. The lowest BCUT2D eigenvalue weighted by Gasteiger charge is -2.36. The van der Waals surface area contributed by atoms with Crippen molar-refractivity contribution in [2.75, 3.05) is 38.2 Å². The summed E-state index contributed by atoms with van der Waals surface area (Å²) in [5, 5.41) is 23.9. The third-order valence-electron chi connectivity index (χ3n) is 7.24. The summed E-state index contributed by atoms with van der Waals surface area (Å²) in [5.74, 6) is 1.29. The first-order valence-corrected chi connectivity index (χ1v) is 13.2. The van der Waals surface area contributed by atoms with Crippen LogP contribution in [0, 0.1) is 11.3 Å². The molecule has 4 aromatic rings. The number of aromatic nitrogens is 3. The van der Waals surface area contributed by atoms with E-state index in [1.165, 1.54) is 6.20 Å². The van der Waals surface area contributed by atoms with Gasteiger partial charge in [-0.15, -0.1) is 0 Å². The molecule has 1 N–H and O–H groups in total. The Morgan fingerprint density at radius 1 is 1.07 bits per heavy atom. The minimum absolute atomic E-state index is 0.0400. The number of nitriles is 1. The number of carbonyl (C=O) groups excluding carboxylic acids is 1. The van der Waals surface area contributed by atoms with Crippen LogP contribution in [-0.4, -0.2) is 76.0 Å². The number of nitrogens with zero attached hydrogens (tertiary/aromatic N) is 6. The zero-order chi connectivity index (χ0) is 28.2. The lowest BCUT2D eigenvalue weighted by molar-refractivity contribution is -0.142. The first-order chi connectivity index (χ1) is 19.4. The summed E-state index contributed by atoms with van der Waals surface area (Å²) in [4.78, 5) is 21.9. The number of anilines is 1. The van der Waals surface area contributed by atoms with E-state index in [4.69, 9.17) is 14.5 Å². The maximum atomic E-state index is 13.2. The van der Waals surface area contributed by atoms with Gasteiger partial charge in [0.2, 0.25) is 0 Å². The number of fused-ring (bicyclic) bond motifs is 1. The molecule has 0 aliphatic carbocycles. The monoisotopic (exact) mass is 540 g/mol. The lowest BCUT2D eigenvalue weighted by atomic mass is 10.0. The van der Waals surface area contributed by atoms with Crippen molar-refractivity contribution in [1.82, 2.24) is 19.5 Å². The number of amides is 1. The molecule has 3 atom stereocenters. The fraction of sp³-hybridized carbons (Fsp3) is 0.333. The van der Waals surface area contributed by atoms with Crippen molar-refractivity contribution in [2.24, 2.45) is 0 Å². The highest BCUT2D eigenvalue weighted by Crippen LogP contribution is 2.32. The summed E-state index contributed by atoms with van der Waals surface area (Å²) in [6, 6.07) is 17.5. The van der Waals surface area contributed by atoms with Crippen LogP contribution < -0.4 is 9.64 Å². The molecule has 1 amide bonds. The molecule has 3 unspecified atom stereocenters. The summed E-state index contributed by atoms with van der Waals surface area (Å²) in [6.45, 7) is 5.89. The fourth-order valence-electron chi connectivity index (χ4n) is 4.84. The van der Waals surface area contributed by atoms with Gasteiger partial charge in [0.05, 0.1) is 29.6 Å². The van der Waals surface area contributed by atoms with Gasteiger partial charge in [0, 0.05) is 50.6 Å². The SMILES string of the molecule is COC(C(=O)N1CCN(c2ccc(-c3cc(OC(C)C(C)O)cn4ncc(C#N)c34)cn2)CC1)c1ccccc1. The van der Waals surface area contributed by atoms with Crippen molar-refractivity contribution in [1.29, 1.82) is 5.26 Å². The van der Waals surface area contributed by atoms with E-state index in [0.717, 1.165) is 22.5 Å². The number of rotatable bonds is 8. The van der Waals surface area contributed by atoms with Gasteiger partial charge >= 0.3 is 0 Å². The van der Waals surface area contributed by atoms with Gasteiger partial charge in [-0.05, 0) is 37.6 Å². The second-order valence-corrected chi connectivity index (χ2v) is 9.86. The van der Waals surface area contributed by atoms with Crippen molar-refractivity contribution in [3.63, 3.8) is 0 Å². The normalized spacial score (nSPS) is 15.9. The van der Waals surface area contributed by atoms with Crippen molar-refractivity contribution < 1.29 is 19.4 Å². The fourth-order valence-corrected chi connectivity index (χ4v) is 4.84. The van der Waals surface area contributed by atoms with Gasteiger partial charge in [-0.3, -0.25) is 4.79 Å². The number of aliphatic hydroxyl groups is 1. The first kappa shape index (κ1) is 27.1. The predicted octanol–water partition coefficient (Wildman–Crippen LogP) is 3.45. The van der Waals surface area contributed by atoms with E-state index in [1.807, 2.05) is 53.4 Å². The van der Waals surface area contributed by atoms with Crippen LogP contribution in [0.25, 0.3) is 16.6 Å². The molecule has 206 valence electrons. The molecule has 0 spiro atoms. The van der Waals surface area contributed by atoms with Crippen molar-refractivity contribution in [3.05, 3.63) is 78.2 Å². The Morgan fingerprint density at radius 3 is 2.45 bits per heavy atom. The van der Waals surface area contributed by atoms with Crippen LogP contribution in [-0.2, 0) is 9.53 Å². The van der Waals surface area contributed by atoms with E-state index in [0.29, 0.717) is 43.0 Å². The molecule has 1 aliphatic rings. The molecule has 40 heavy (non-hydrogen) atoms. The molecule has 0 saturated carbocycles. The second-order valence-electron chi connectivity index (χ2n) is 9.86. The highest BCUT2D eigenvalue weighted by molar-refractivity contribution is 5.85. The zero-order valence-electron chi connectivity index (χ0n) is 22.8. The van der Waals surface area contributed by atoms with Crippen LogP contribution >= 0.6 is 0 Å². The van der Waals surface area contributed by atoms with E-state index >= 15 is 0 Å². The maximum Gasteiger partial charge on any atom is 0.256 e. The van der Waals surface area contributed by atoms with E-state index in [1.54, 1.807) is 37.9 Å². The Balaban J connectivity index is 1.32. The largest absolute Gasteiger partial charge is 0.486 e. The Hall–Kier alpha value is -4.46. The topological polar surface area (TPSA) is 116 Å². The minimum atomic E-state index is -0.651.